The topological polar surface area (TPSA) is 71.7 Å². The van der Waals surface area contributed by atoms with Gasteiger partial charge in [0.25, 0.3) is 11.1 Å². The number of carbonyl (C=O) groups is 1. The van der Waals surface area contributed by atoms with Gasteiger partial charge >= 0.3 is 0 Å². The Morgan fingerprint density at radius 2 is 1.96 bits per heavy atom. The van der Waals surface area contributed by atoms with Crippen LogP contribution in [0.2, 0.25) is 0 Å². The van der Waals surface area contributed by atoms with E-state index in [9.17, 15) is 4.79 Å². The molecule has 2 heterocycles. The molecule has 2 aromatic rings. The van der Waals surface area contributed by atoms with Crippen LogP contribution in [0.25, 0.3) is 11.5 Å². The lowest BCUT2D eigenvalue weighted by molar-refractivity contribution is -0.132. The Balaban J connectivity index is 1.63. The Bertz CT molecular complexity index is 759. The molecule has 1 unspecified atom stereocenters. The van der Waals surface area contributed by atoms with Crippen molar-refractivity contribution in [3.8, 4) is 17.2 Å². The van der Waals surface area contributed by atoms with Crippen LogP contribution in [0.5, 0.6) is 5.75 Å². The molecular formula is C19H26N4O3S. The number of hydrogen-bond acceptors (Lipinski definition) is 7. The van der Waals surface area contributed by atoms with Crippen molar-refractivity contribution in [2.75, 3.05) is 39.3 Å². The molecule has 1 aliphatic heterocycles. The molecule has 0 bridgehead atoms. The number of thioether (sulfide) groups is 1. The third-order valence-corrected chi connectivity index (χ3v) is 5.50. The Morgan fingerprint density at radius 3 is 2.67 bits per heavy atom. The van der Waals surface area contributed by atoms with Gasteiger partial charge in [0.15, 0.2) is 0 Å². The summed E-state index contributed by atoms with van der Waals surface area (Å²) in [5.74, 6) is 1.22. The summed E-state index contributed by atoms with van der Waals surface area (Å²) in [6, 6.07) is 7.56. The van der Waals surface area contributed by atoms with Gasteiger partial charge in [-0.05, 0) is 32.5 Å². The van der Waals surface area contributed by atoms with Crippen molar-refractivity contribution >= 4 is 17.7 Å². The summed E-state index contributed by atoms with van der Waals surface area (Å²) in [6.45, 7) is 11.0. The monoisotopic (exact) mass is 390 g/mol. The molecular weight excluding hydrogens is 364 g/mol. The molecule has 0 aliphatic carbocycles. The number of carbonyl (C=O) groups excluding carboxylic acids is 1. The van der Waals surface area contributed by atoms with Gasteiger partial charge in [-0.2, -0.15) is 0 Å². The number of amides is 1. The molecule has 146 valence electrons. The molecule has 0 N–H and O–H groups in total. The normalized spacial score (nSPS) is 16.3. The number of likely N-dealkylation sites (N-methyl/N-ethyl adjacent to an activating group) is 1. The number of nitrogens with zero attached hydrogens (tertiary/aromatic N) is 4. The zero-order valence-corrected chi connectivity index (χ0v) is 16.9. The van der Waals surface area contributed by atoms with Gasteiger partial charge in [0.2, 0.25) is 5.91 Å². The van der Waals surface area contributed by atoms with E-state index in [1.54, 1.807) is 0 Å². The third-order valence-electron chi connectivity index (χ3n) is 4.58. The molecule has 1 amide bonds. The van der Waals surface area contributed by atoms with Gasteiger partial charge < -0.3 is 19.0 Å². The van der Waals surface area contributed by atoms with Gasteiger partial charge in [-0.15, -0.1) is 10.2 Å². The molecule has 0 spiro atoms. The van der Waals surface area contributed by atoms with E-state index in [4.69, 9.17) is 9.15 Å². The number of aromatic nitrogens is 2. The summed E-state index contributed by atoms with van der Waals surface area (Å²) >= 11 is 1.30. The third kappa shape index (κ3) is 4.81. The lowest BCUT2D eigenvalue weighted by Crippen LogP contribution is -2.50. The predicted octanol–water partition coefficient (Wildman–Crippen LogP) is 2.78. The molecule has 1 atom stereocenters. The Hall–Kier alpha value is -2.06. The van der Waals surface area contributed by atoms with E-state index < -0.39 is 0 Å². The minimum absolute atomic E-state index is 0.116. The Labute approximate surface area is 164 Å². The lowest BCUT2D eigenvalue weighted by atomic mass is 10.2. The minimum atomic E-state index is -0.270. The largest absolute Gasteiger partial charge is 0.493 e. The number of rotatable bonds is 7. The quantitative estimate of drug-likeness (QED) is 0.673. The van der Waals surface area contributed by atoms with Gasteiger partial charge in [-0.25, -0.2) is 0 Å². The summed E-state index contributed by atoms with van der Waals surface area (Å²) < 4.78 is 11.4. The number of benzene rings is 1. The predicted molar refractivity (Wildman–Crippen MR) is 105 cm³/mol. The molecule has 7 nitrogen and oxygen atoms in total. The van der Waals surface area contributed by atoms with Crippen LogP contribution >= 0.6 is 11.8 Å². The molecule has 8 heteroatoms. The highest BCUT2D eigenvalue weighted by atomic mass is 32.2. The summed E-state index contributed by atoms with van der Waals surface area (Å²) in [5, 5.41) is 8.35. The first-order valence-corrected chi connectivity index (χ1v) is 10.2. The number of hydrogen-bond donors (Lipinski definition) is 0. The van der Waals surface area contributed by atoms with Gasteiger partial charge in [-0.1, -0.05) is 30.8 Å². The molecule has 1 fully saturated rings. The molecule has 1 aromatic heterocycles. The van der Waals surface area contributed by atoms with E-state index >= 15 is 0 Å². The van der Waals surface area contributed by atoms with Crippen molar-refractivity contribution < 1.29 is 13.9 Å². The van der Waals surface area contributed by atoms with Gasteiger partial charge in [0.05, 0.1) is 17.4 Å². The summed E-state index contributed by atoms with van der Waals surface area (Å²) in [7, 11) is 0. The van der Waals surface area contributed by atoms with E-state index in [1.165, 1.54) is 11.8 Å². The van der Waals surface area contributed by atoms with E-state index in [0.717, 1.165) is 38.3 Å². The zero-order chi connectivity index (χ0) is 19.2. The average Bonchev–Trinajstić information content (AvgIpc) is 3.16. The van der Waals surface area contributed by atoms with E-state index in [0.29, 0.717) is 23.5 Å². The Morgan fingerprint density at radius 1 is 1.22 bits per heavy atom. The second kappa shape index (κ2) is 9.23. The first kappa shape index (κ1) is 19.7. The molecule has 1 saturated heterocycles. The second-order valence-electron chi connectivity index (χ2n) is 6.32. The first-order valence-electron chi connectivity index (χ1n) is 9.35. The zero-order valence-electron chi connectivity index (χ0n) is 16.1. The highest BCUT2D eigenvalue weighted by molar-refractivity contribution is 8.00. The van der Waals surface area contributed by atoms with Crippen molar-refractivity contribution in [2.24, 2.45) is 0 Å². The fourth-order valence-electron chi connectivity index (χ4n) is 3.03. The van der Waals surface area contributed by atoms with Crippen LogP contribution in [0, 0.1) is 0 Å². The highest BCUT2D eigenvalue weighted by Crippen LogP contribution is 2.32. The van der Waals surface area contributed by atoms with Crippen LogP contribution < -0.4 is 4.74 Å². The first-order chi connectivity index (χ1) is 13.1. The van der Waals surface area contributed by atoms with Gasteiger partial charge in [0, 0.05) is 26.2 Å². The SMILES string of the molecule is CCOc1ccccc1-c1nnc(SC(C)C(=O)N2CCN(CC)CC2)o1. The minimum Gasteiger partial charge on any atom is -0.493 e. The van der Waals surface area contributed by atoms with Crippen LogP contribution in [-0.2, 0) is 4.79 Å². The molecule has 1 aliphatic rings. The van der Waals surface area contributed by atoms with Crippen molar-refractivity contribution in [3.05, 3.63) is 24.3 Å². The fourth-order valence-corrected chi connectivity index (χ4v) is 3.80. The van der Waals surface area contributed by atoms with Crippen LogP contribution in [0.4, 0.5) is 0 Å². The molecule has 3 rings (SSSR count). The molecule has 27 heavy (non-hydrogen) atoms. The van der Waals surface area contributed by atoms with Crippen LogP contribution in [0.3, 0.4) is 0 Å². The summed E-state index contributed by atoms with van der Waals surface area (Å²) in [5.41, 5.74) is 0.758. The van der Waals surface area contributed by atoms with Crippen molar-refractivity contribution in [1.29, 1.82) is 0 Å². The van der Waals surface area contributed by atoms with Crippen molar-refractivity contribution in [1.82, 2.24) is 20.0 Å². The van der Waals surface area contributed by atoms with E-state index in [2.05, 4.69) is 22.0 Å². The van der Waals surface area contributed by atoms with Crippen molar-refractivity contribution in [3.63, 3.8) is 0 Å². The van der Waals surface area contributed by atoms with Gasteiger partial charge in [0.1, 0.15) is 5.75 Å². The smallest absolute Gasteiger partial charge is 0.277 e. The van der Waals surface area contributed by atoms with Crippen LogP contribution in [-0.4, -0.2) is 70.5 Å². The van der Waals surface area contributed by atoms with Gasteiger partial charge in [-0.3, -0.25) is 4.79 Å². The number of piperazine rings is 1. The standard InChI is InChI=1S/C19H26N4O3S/c1-4-22-10-12-23(13-11-22)18(24)14(3)27-19-21-20-17(26-19)15-8-6-7-9-16(15)25-5-2/h6-9,14H,4-5,10-13H2,1-3H3. The summed E-state index contributed by atoms with van der Waals surface area (Å²) in [4.78, 5) is 17.0. The fraction of sp³-hybridized carbons (Fsp3) is 0.526. The van der Waals surface area contributed by atoms with Crippen LogP contribution in [0.15, 0.2) is 33.9 Å². The maximum Gasteiger partial charge on any atom is 0.277 e. The number of para-hydroxylation sites is 1. The maximum atomic E-state index is 12.7. The van der Waals surface area contributed by atoms with E-state index in [-0.39, 0.29) is 11.2 Å². The average molecular weight is 391 g/mol. The molecule has 0 saturated carbocycles. The van der Waals surface area contributed by atoms with Crippen LogP contribution in [0.1, 0.15) is 20.8 Å². The second-order valence-corrected chi connectivity index (χ2v) is 7.61. The number of ether oxygens (including phenoxy) is 1. The Kier molecular flexibility index (Phi) is 6.73. The lowest BCUT2D eigenvalue weighted by Gasteiger charge is -2.35. The highest BCUT2D eigenvalue weighted by Gasteiger charge is 2.26. The van der Waals surface area contributed by atoms with Crippen molar-refractivity contribution in [2.45, 2.75) is 31.2 Å². The maximum absolute atomic E-state index is 12.7. The molecule has 0 radical (unpaired) electrons. The molecule has 1 aromatic carbocycles. The summed E-state index contributed by atoms with van der Waals surface area (Å²) in [6.07, 6.45) is 0. The van der Waals surface area contributed by atoms with E-state index in [1.807, 2.05) is 43.0 Å².